The number of phenols is 1. The standard InChI is InChI=1S/C26H26F3N5O2/c1-36-25-7-13(6-23(28)33-25)16-10-22(35)17(9-18(16)27)20-11-31-24(12-30-20)34(15-3-4-15)21-8-14-2-5-19(32-14)26(21)29/h6-7,9-12,14-15,19,21,26,32,35H,2-5,8H2,1H3/t14?,19?,21-,26+/m1/s1. The van der Waals surface area contributed by atoms with Crippen molar-refractivity contribution < 1.29 is 23.0 Å². The van der Waals surface area contributed by atoms with Gasteiger partial charge < -0.3 is 20.1 Å². The molecule has 2 aromatic heterocycles. The van der Waals surface area contributed by atoms with E-state index in [1.165, 1.54) is 25.4 Å². The summed E-state index contributed by atoms with van der Waals surface area (Å²) in [6.07, 6.45) is 6.61. The average Bonchev–Trinajstić information content (AvgIpc) is 3.63. The summed E-state index contributed by atoms with van der Waals surface area (Å²) in [7, 11) is 1.33. The Labute approximate surface area is 206 Å². The van der Waals surface area contributed by atoms with Gasteiger partial charge in [0.1, 0.15) is 23.6 Å². The molecule has 0 amide bonds. The number of benzene rings is 1. The number of alkyl halides is 1. The molecule has 4 heterocycles. The van der Waals surface area contributed by atoms with E-state index >= 15 is 8.78 Å². The Bertz CT molecular complexity index is 1290. The van der Waals surface area contributed by atoms with Crippen molar-refractivity contribution in [3.8, 4) is 34.0 Å². The molecule has 2 N–H and O–H groups in total. The van der Waals surface area contributed by atoms with Gasteiger partial charge in [0.25, 0.3) is 0 Å². The van der Waals surface area contributed by atoms with Crippen molar-refractivity contribution in [1.82, 2.24) is 20.3 Å². The zero-order valence-electron chi connectivity index (χ0n) is 19.7. The number of aromatic hydroxyl groups is 1. The second-order valence-electron chi connectivity index (χ2n) is 9.76. The van der Waals surface area contributed by atoms with Crippen molar-refractivity contribution in [2.24, 2.45) is 0 Å². The molecule has 7 nitrogen and oxygen atoms in total. The number of nitrogens with one attached hydrogen (secondary N) is 1. The van der Waals surface area contributed by atoms with Gasteiger partial charge in [0.05, 0.1) is 31.2 Å². The third-order valence-electron chi connectivity index (χ3n) is 7.41. The number of anilines is 1. The third kappa shape index (κ3) is 4.13. The van der Waals surface area contributed by atoms with Crippen LogP contribution >= 0.6 is 0 Å². The van der Waals surface area contributed by atoms with Crippen LogP contribution in [0, 0.1) is 11.8 Å². The lowest BCUT2D eigenvalue weighted by atomic mass is 9.96. The highest BCUT2D eigenvalue weighted by molar-refractivity contribution is 5.75. The summed E-state index contributed by atoms with van der Waals surface area (Å²) in [5.74, 6) is -1.15. The molecular weight excluding hydrogens is 471 g/mol. The summed E-state index contributed by atoms with van der Waals surface area (Å²) < 4.78 is 49.1. The number of halogens is 3. The van der Waals surface area contributed by atoms with E-state index in [1.54, 1.807) is 6.20 Å². The molecule has 2 saturated heterocycles. The zero-order chi connectivity index (χ0) is 25.0. The fraction of sp³-hybridized carbons (Fsp3) is 0.423. The van der Waals surface area contributed by atoms with Crippen molar-refractivity contribution in [1.29, 1.82) is 0 Å². The topological polar surface area (TPSA) is 83.4 Å². The largest absolute Gasteiger partial charge is 0.507 e. The molecule has 3 aliphatic rings. The number of nitrogens with zero attached hydrogens (tertiary/aromatic N) is 4. The maximum absolute atomic E-state index is 15.3. The minimum Gasteiger partial charge on any atom is -0.507 e. The first-order chi connectivity index (χ1) is 17.4. The summed E-state index contributed by atoms with van der Waals surface area (Å²) in [4.78, 5) is 14.6. The molecule has 3 aromatic rings. The Hall–Kier alpha value is -3.40. The number of pyridine rings is 1. The van der Waals surface area contributed by atoms with E-state index < -0.39 is 17.9 Å². The lowest BCUT2D eigenvalue weighted by Gasteiger charge is -2.41. The van der Waals surface area contributed by atoms with Crippen molar-refractivity contribution in [2.45, 2.75) is 62.4 Å². The van der Waals surface area contributed by atoms with Crippen LogP contribution in [0.5, 0.6) is 11.6 Å². The van der Waals surface area contributed by atoms with Gasteiger partial charge in [-0.2, -0.15) is 9.37 Å². The Morgan fingerprint density at radius 2 is 1.86 bits per heavy atom. The van der Waals surface area contributed by atoms with E-state index in [1.807, 2.05) is 0 Å². The molecule has 4 atom stereocenters. The van der Waals surface area contributed by atoms with E-state index in [0.29, 0.717) is 11.9 Å². The van der Waals surface area contributed by atoms with E-state index in [-0.39, 0.29) is 52.1 Å². The molecule has 10 heteroatoms. The highest BCUT2D eigenvalue weighted by atomic mass is 19.1. The minimum atomic E-state index is -0.979. The number of fused-ring (bicyclic) bond motifs is 2. The van der Waals surface area contributed by atoms with Crippen LogP contribution in [-0.4, -0.2) is 57.5 Å². The average molecular weight is 498 g/mol. The molecule has 2 unspecified atom stereocenters. The maximum Gasteiger partial charge on any atom is 0.216 e. The first kappa shape index (κ1) is 23.0. The highest BCUT2D eigenvalue weighted by Crippen LogP contribution is 2.41. The molecule has 1 aromatic carbocycles. The first-order valence-corrected chi connectivity index (χ1v) is 12.2. The van der Waals surface area contributed by atoms with Gasteiger partial charge in [0.2, 0.25) is 11.8 Å². The predicted molar refractivity (Wildman–Crippen MR) is 128 cm³/mol. The fourth-order valence-electron chi connectivity index (χ4n) is 5.54. The van der Waals surface area contributed by atoms with Gasteiger partial charge in [-0.25, -0.2) is 13.8 Å². The minimum absolute atomic E-state index is 0.00476. The number of hydrogen-bond acceptors (Lipinski definition) is 7. The second-order valence-corrected chi connectivity index (χ2v) is 9.76. The summed E-state index contributed by atoms with van der Waals surface area (Å²) in [6, 6.07) is 5.00. The molecule has 6 rings (SSSR count). The van der Waals surface area contributed by atoms with Crippen LogP contribution in [0.25, 0.3) is 22.4 Å². The van der Waals surface area contributed by atoms with Gasteiger partial charge in [-0.1, -0.05) is 0 Å². The van der Waals surface area contributed by atoms with Crippen LogP contribution in [0.4, 0.5) is 19.0 Å². The lowest BCUT2D eigenvalue weighted by molar-refractivity contribution is 0.171. The van der Waals surface area contributed by atoms with Gasteiger partial charge in [-0.3, -0.25) is 4.98 Å². The molecular formula is C26H26F3N5O2. The molecule has 2 bridgehead atoms. The SMILES string of the molecule is COc1cc(-c2cc(O)c(-c3cnc(N(C4CC4)[C@@H]4CC5CCC(N5)[C@@H]4F)cn3)cc2F)cc(F)n1. The van der Waals surface area contributed by atoms with Crippen LogP contribution in [0.2, 0.25) is 0 Å². The van der Waals surface area contributed by atoms with Gasteiger partial charge in [-0.15, -0.1) is 0 Å². The molecule has 2 aliphatic heterocycles. The van der Waals surface area contributed by atoms with Gasteiger partial charge in [-0.05, 0) is 49.8 Å². The predicted octanol–water partition coefficient (Wildman–Crippen LogP) is 4.40. The van der Waals surface area contributed by atoms with E-state index in [2.05, 4.69) is 25.2 Å². The fourth-order valence-corrected chi connectivity index (χ4v) is 5.54. The Morgan fingerprint density at radius 1 is 1.03 bits per heavy atom. The molecule has 0 radical (unpaired) electrons. The van der Waals surface area contributed by atoms with Crippen LogP contribution < -0.4 is 15.0 Å². The van der Waals surface area contributed by atoms with Gasteiger partial charge in [0, 0.05) is 41.4 Å². The molecule has 1 saturated carbocycles. The lowest BCUT2D eigenvalue weighted by Crippen LogP contribution is -2.57. The number of hydrogen-bond donors (Lipinski definition) is 2. The number of rotatable bonds is 6. The van der Waals surface area contributed by atoms with E-state index in [9.17, 15) is 9.50 Å². The number of phenolic OH excluding ortho intramolecular Hbond substituents is 1. The number of piperidine rings is 1. The smallest absolute Gasteiger partial charge is 0.216 e. The van der Waals surface area contributed by atoms with Gasteiger partial charge in [0.15, 0.2) is 0 Å². The maximum atomic E-state index is 15.3. The van der Waals surface area contributed by atoms with Crippen molar-refractivity contribution in [3.05, 3.63) is 48.4 Å². The van der Waals surface area contributed by atoms with Crippen LogP contribution in [0.1, 0.15) is 32.1 Å². The van der Waals surface area contributed by atoms with Crippen LogP contribution in [0.15, 0.2) is 36.7 Å². The number of ether oxygens (including phenoxy) is 1. The van der Waals surface area contributed by atoms with E-state index in [4.69, 9.17) is 4.74 Å². The zero-order valence-corrected chi connectivity index (χ0v) is 19.7. The summed E-state index contributed by atoms with van der Waals surface area (Å²) >= 11 is 0. The van der Waals surface area contributed by atoms with Crippen LogP contribution in [0.3, 0.4) is 0 Å². The normalized spacial score (nSPS) is 25.1. The highest BCUT2D eigenvalue weighted by Gasteiger charge is 2.48. The molecule has 0 spiro atoms. The quantitative estimate of drug-likeness (QED) is 0.489. The Balaban J connectivity index is 1.29. The summed E-state index contributed by atoms with van der Waals surface area (Å²) in [6.45, 7) is 0. The number of aromatic nitrogens is 3. The van der Waals surface area contributed by atoms with Gasteiger partial charge >= 0.3 is 0 Å². The Kier molecular flexibility index (Phi) is 5.70. The molecule has 3 fully saturated rings. The second kappa shape index (κ2) is 8.92. The third-order valence-corrected chi connectivity index (χ3v) is 7.41. The van der Waals surface area contributed by atoms with Crippen molar-refractivity contribution in [3.63, 3.8) is 0 Å². The van der Waals surface area contributed by atoms with Crippen molar-refractivity contribution >= 4 is 5.82 Å². The van der Waals surface area contributed by atoms with Crippen molar-refractivity contribution in [2.75, 3.05) is 12.0 Å². The summed E-state index contributed by atoms with van der Waals surface area (Å²) in [5, 5.41) is 14.0. The number of methoxy groups -OCH3 is 1. The molecule has 36 heavy (non-hydrogen) atoms. The summed E-state index contributed by atoms with van der Waals surface area (Å²) in [5.41, 5.74) is 0.600. The monoisotopic (exact) mass is 497 g/mol. The van der Waals surface area contributed by atoms with Crippen LogP contribution in [-0.2, 0) is 0 Å². The first-order valence-electron chi connectivity index (χ1n) is 12.2. The Morgan fingerprint density at radius 3 is 2.58 bits per heavy atom. The molecule has 188 valence electrons. The molecule has 1 aliphatic carbocycles. The van der Waals surface area contributed by atoms with E-state index in [0.717, 1.165) is 44.2 Å².